The van der Waals surface area contributed by atoms with E-state index in [9.17, 15) is 4.79 Å². The average Bonchev–Trinajstić information content (AvgIpc) is 2.33. The molecule has 1 aromatic carbocycles. The molecular weight excluding hydrogens is 320 g/mol. The minimum Gasteiger partial charge on any atom is -0.444 e. The number of carbonyl (C=O) groups is 1. The molecule has 0 radical (unpaired) electrons. The quantitative estimate of drug-likeness (QED) is 0.835. The number of rotatable bonds is 4. The Labute approximate surface area is 129 Å². The smallest absolute Gasteiger partial charge is 0.410 e. The van der Waals surface area contributed by atoms with Crippen LogP contribution < -0.4 is 4.90 Å². The van der Waals surface area contributed by atoms with Crippen LogP contribution in [0.25, 0.3) is 0 Å². The zero-order valence-corrected chi connectivity index (χ0v) is 14.4. The number of ether oxygens (including phenoxy) is 1. The summed E-state index contributed by atoms with van der Waals surface area (Å²) in [5, 5.41) is 0. The predicted octanol–water partition coefficient (Wildman–Crippen LogP) is 3.75. The van der Waals surface area contributed by atoms with Crippen LogP contribution in [0, 0.1) is 0 Å². The summed E-state index contributed by atoms with van der Waals surface area (Å²) in [5.41, 5.74) is 0.651. The van der Waals surface area contributed by atoms with Crippen molar-refractivity contribution < 1.29 is 9.53 Å². The largest absolute Gasteiger partial charge is 0.444 e. The van der Waals surface area contributed by atoms with E-state index in [1.807, 2.05) is 52.1 Å². The first-order chi connectivity index (χ1) is 9.19. The molecule has 0 aliphatic heterocycles. The molecule has 0 fully saturated rings. The molecule has 112 valence electrons. The summed E-state index contributed by atoms with van der Waals surface area (Å²) in [6, 6.07) is 8.07. The summed E-state index contributed by atoms with van der Waals surface area (Å²) in [6.45, 7) is 6.95. The van der Waals surface area contributed by atoms with Crippen molar-refractivity contribution in [2.24, 2.45) is 0 Å². The molecule has 0 atom stereocenters. The van der Waals surface area contributed by atoms with Gasteiger partial charge in [-0.1, -0.05) is 22.0 Å². The maximum atomic E-state index is 11.8. The van der Waals surface area contributed by atoms with Crippen molar-refractivity contribution in [2.75, 3.05) is 32.1 Å². The number of carbonyl (C=O) groups excluding carboxylic acids is 1. The Morgan fingerprint density at radius 2 is 1.90 bits per heavy atom. The van der Waals surface area contributed by atoms with Gasteiger partial charge in [-0.3, -0.25) is 0 Å². The lowest BCUT2D eigenvalue weighted by atomic mass is 10.2. The number of likely N-dealkylation sites (N-methyl/N-ethyl adjacent to an activating group) is 2. The number of nitrogens with zero attached hydrogens (tertiary/aromatic N) is 2. The highest BCUT2D eigenvalue weighted by molar-refractivity contribution is 9.10. The van der Waals surface area contributed by atoms with E-state index in [1.54, 1.807) is 11.9 Å². The van der Waals surface area contributed by atoms with Crippen LogP contribution in [0.3, 0.4) is 0 Å². The number of anilines is 1. The van der Waals surface area contributed by atoms with Gasteiger partial charge in [0.25, 0.3) is 0 Å². The second kappa shape index (κ2) is 6.97. The van der Waals surface area contributed by atoms with Crippen LogP contribution in [0.5, 0.6) is 0 Å². The molecule has 0 saturated heterocycles. The fraction of sp³-hybridized carbons (Fsp3) is 0.533. The molecule has 0 aromatic heterocycles. The molecular formula is C15H23BrN2O2. The van der Waals surface area contributed by atoms with Gasteiger partial charge in [-0.2, -0.15) is 0 Å². The first kappa shape index (κ1) is 16.8. The third kappa shape index (κ3) is 5.82. The van der Waals surface area contributed by atoms with Crippen molar-refractivity contribution in [3.05, 3.63) is 28.7 Å². The monoisotopic (exact) mass is 342 g/mol. The van der Waals surface area contributed by atoms with Gasteiger partial charge in [-0.05, 0) is 39.0 Å². The highest BCUT2D eigenvalue weighted by Crippen LogP contribution is 2.18. The second-order valence-electron chi connectivity index (χ2n) is 5.80. The molecule has 0 N–H and O–H groups in total. The fourth-order valence-electron chi connectivity index (χ4n) is 1.57. The van der Waals surface area contributed by atoms with Gasteiger partial charge in [-0.25, -0.2) is 4.79 Å². The molecule has 1 amide bonds. The predicted molar refractivity (Wildman–Crippen MR) is 86.3 cm³/mol. The van der Waals surface area contributed by atoms with Crippen LogP contribution in [-0.4, -0.2) is 43.8 Å². The molecule has 0 bridgehead atoms. The number of hydrogen-bond donors (Lipinski definition) is 0. The molecule has 1 rings (SSSR count). The molecule has 0 unspecified atom stereocenters. The van der Waals surface area contributed by atoms with Crippen molar-refractivity contribution in [1.29, 1.82) is 0 Å². The molecule has 0 aliphatic carbocycles. The van der Waals surface area contributed by atoms with Crippen LogP contribution in [-0.2, 0) is 4.74 Å². The Morgan fingerprint density at radius 3 is 2.45 bits per heavy atom. The van der Waals surface area contributed by atoms with Crippen LogP contribution >= 0.6 is 15.9 Å². The van der Waals surface area contributed by atoms with Gasteiger partial charge < -0.3 is 14.5 Å². The van der Waals surface area contributed by atoms with E-state index in [1.165, 1.54) is 0 Å². The second-order valence-corrected chi connectivity index (χ2v) is 6.72. The maximum Gasteiger partial charge on any atom is 0.410 e. The van der Waals surface area contributed by atoms with Crippen LogP contribution in [0.2, 0.25) is 0 Å². The van der Waals surface area contributed by atoms with E-state index >= 15 is 0 Å². The lowest BCUT2D eigenvalue weighted by molar-refractivity contribution is 0.0303. The highest BCUT2D eigenvalue weighted by atomic mass is 79.9. The number of halogens is 1. The lowest BCUT2D eigenvalue weighted by Crippen LogP contribution is -2.38. The van der Waals surface area contributed by atoms with Crippen molar-refractivity contribution in [3.63, 3.8) is 0 Å². The van der Waals surface area contributed by atoms with Gasteiger partial charge in [0.15, 0.2) is 0 Å². The van der Waals surface area contributed by atoms with E-state index in [4.69, 9.17) is 4.74 Å². The zero-order valence-electron chi connectivity index (χ0n) is 12.8. The maximum absolute atomic E-state index is 11.8. The molecule has 4 nitrogen and oxygen atoms in total. The third-order valence-corrected chi connectivity index (χ3v) is 3.22. The Kier molecular flexibility index (Phi) is 5.87. The van der Waals surface area contributed by atoms with Crippen LogP contribution in [0.4, 0.5) is 10.5 Å². The van der Waals surface area contributed by atoms with E-state index < -0.39 is 5.60 Å². The fourth-order valence-corrected chi connectivity index (χ4v) is 1.96. The molecule has 0 spiro atoms. The van der Waals surface area contributed by atoms with Gasteiger partial charge in [-0.15, -0.1) is 0 Å². The molecule has 0 saturated carbocycles. The minimum absolute atomic E-state index is 0.292. The molecule has 20 heavy (non-hydrogen) atoms. The number of hydrogen-bond acceptors (Lipinski definition) is 3. The summed E-state index contributed by atoms with van der Waals surface area (Å²) >= 11 is 3.46. The number of amides is 1. The zero-order chi connectivity index (χ0) is 15.3. The van der Waals surface area contributed by atoms with Crippen molar-refractivity contribution >= 4 is 27.7 Å². The Bertz CT molecular complexity index is 457. The Balaban J connectivity index is 2.48. The Hall–Kier alpha value is -1.23. The number of benzene rings is 1. The molecule has 0 heterocycles. The topological polar surface area (TPSA) is 32.8 Å². The summed E-state index contributed by atoms with van der Waals surface area (Å²) < 4.78 is 6.36. The minimum atomic E-state index is -0.457. The summed E-state index contributed by atoms with van der Waals surface area (Å²) in [6.07, 6.45) is -0.292. The summed E-state index contributed by atoms with van der Waals surface area (Å²) in [5.74, 6) is 0. The first-order valence-electron chi connectivity index (χ1n) is 6.60. The van der Waals surface area contributed by atoms with E-state index in [2.05, 4.69) is 20.8 Å². The van der Waals surface area contributed by atoms with Gasteiger partial charge in [0, 0.05) is 37.3 Å². The van der Waals surface area contributed by atoms with Gasteiger partial charge in [0.2, 0.25) is 0 Å². The highest BCUT2D eigenvalue weighted by Gasteiger charge is 2.19. The van der Waals surface area contributed by atoms with E-state index in [0.29, 0.717) is 6.54 Å². The molecule has 1 aromatic rings. The van der Waals surface area contributed by atoms with Crippen molar-refractivity contribution in [3.8, 4) is 0 Å². The molecule has 5 heteroatoms. The normalized spacial score (nSPS) is 11.1. The summed E-state index contributed by atoms with van der Waals surface area (Å²) in [7, 11) is 3.76. The van der Waals surface area contributed by atoms with Crippen LogP contribution in [0.15, 0.2) is 28.7 Å². The third-order valence-electron chi connectivity index (χ3n) is 2.72. The molecule has 0 aliphatic rings. The van der Waals surface area contributed by atoms with E-state index in [-0.39, 0.29) is 6.09 Å². The van der Waals surface area contributed by atoms with Crippen molar-refractivity contribution in [2.45, 2.75) is 26.4 Å². The van der Waals surface area contributed by atoms with Gasteiger partial charge >= 0.3 is 6.09 Å². The van der Waals surface area contributed by atoms with Gasteiger partial charge in [0.05, 0.1) is 0 Å². The van der Waals surface area contributed by atoms with E-state index in [0.717, 1.165) is 16.7 Å². The van der Waals surface area contributed by atoms with Gasteiger partial charge in [0.1, 0.15) is 5.60 Å². The van der Waals surface area contributed by atoms with Crippen LogP contribution in [0.1, 0.15) is 20.8 Å². The lowest BCUT2D eigenvalue weighted by Gasteiger charge is -2.27. The average molecular weight is 343 g/mol. The summed E-state index contributed by atoms with van der Waals surface area (Å²) in [4.78, 5) is 15.5. The standard InChI is InChI=1S/C15H23BrN2O2/c1-15(2,3)20-14(19)18(5)10-9-17(4)13-8-6-7-12(16)11-13/h6-8,11H,9-10H2,1-5H3. The van der Waals surface area contributed by atoms with Crippen molar-refractivity contribution in [1.82, 2.24) is 4.90 Å². The SMILES string of the molecule is CN(CCN(C)c1cccc(Br)c1)C(=O)OC(C)(C)C. The Morgan fingerprint density at radius 1 is 1.25 bits per heavy atom. The first-order valence-corrected chi connectivity index (χ1v) is 7.39.